The number of halogens is 2. The van der Waals surface area contributed by atoms with Crippen LogP contribution in [0.2, 0.25) is 10.0 Å². The fourth-order valence-electron chi connectivity index (χ4n) is 2.46. The summed E-state index contributed by atoms with van der Waals surface area (Å²) in [6, 6.07) is 4.78. The molecule has 1 aromatic carbocycles. The predicted octanol–water partition coefficient (Wildman–Crippen LogP) is 4.43. The minimum absolute atomic E-state index is 0.0569. The van der Waals surface area contributed by atoms with E-state index in [1.165, 1.54) is 0 Å². The lowest BCUT2D eigenvalue weighted by Crippen LogP contribution is -2.49. The maximum absolute atomic E-state index is 12.5. The van der Waals surface area contributed by atoms with E-state index < -0.39 is 6.04 Å². The molecule has 0 bridgehead atoms. The smallest absolute Gasteiger partial charge is 0.242 e. The van der Waals surface area contributed by atoms with Gasteiger partial charge in [0.05, 0.1) is 10.0 Å². The first-order valence-electron chi connectivity index (χ1n) is 8.45. The molecule has 0 spiro atoms. The summed E-state index contributed by atoms with van der Waals surface area (Å²) in [4.78, 5) is 26.5. The number of amides is 2. The zero-order valence-electron chi connectivity index (χ0n) is 14.6. The van der Waals surface area contributed by atoms with Crippen LogP contribution in [0, 0.1) is 0 Å². The molecule has 4 nitrogen and oxygen atoms in total. The number of carbonyl (C=O) groups excluding carboxylic acids is 2. The van der Waals surface area contributed by atoms with Gasteiger partial charge in [-0.3, -0.25) is 9.59 Å². The van der Waals surface area contributed by atoms with Gasteiger partial charge in [0.1, 0.15) is 6.04 Å². The monoisotopic (exact) mass is 372 g/mol. The molecule has 0 radical (unpaired) electrons. The van der Waals surface area contributed by atoms with Crippen molar-refractivity contribution in [1.29, 1.82) is 0 Å². The van der Waals surface area contributed by atoms with Crippen molar-refractivity contribution in [3.63, 3.8) is 0 Å². The number of nitrogens with zero attached hydrogens (tertiary/aromatic N) is 1. The van der Waals surface area contributed by atoms with E-state index in [0.29, 0.717) is 36.0 Å². The van der Waals surface area contributed by atoms with Crippen molar-refractivity contribution in [1.82, 2.24) is 10.2 Å². The number of unbranched alkanes of at least 4 members (excludes halogenated alkanes) is 1. The average Bonchev–Trinajstić information content (AvgIpc) is 2.57. The van der Waals surface area contributed by atoms with E-state index in [1.54, 1.807) is 24.0 Å². The lowest BCUT2D eigenvalue weighted by molar-refractivity contribution is -0.141. The summed E-state index contributed by atoms with van der Waals surface area (Å²) >= 11 is 12.0. The molecule has 0 aliphatic rings. The Morgan fingerprint density at radius 3 is 2.42 bits per heavy atom. The molecule has 1 atom stereocenters. The third kappa shape index (κ3) is 5.99. The number of carbonyl (C=O) groups is 2. The van der Waals surface area contributed by atoms with Crippen molar-refractivity contribution in [2.45, 2.75) is 59.0 Å². The highest BCUT2D eigenvalue weighted by Gasteiger charge is 2.27. The molecule has 6 heteroatoms. The molecule has 0 aliphatic heterocycles. The van der Waals surface area contributed by atoms with Gasteiger partial charge >= 0.3 is 0 Å². The Hall–Kier alpha value is -1.26. The van der Waals surface area contributed by atoms with Crippen LogP contribution in [0.3, 0.4) is 0 Å². The summed E-state index contributed by atoms with van der Waals surface area (Å²) in [6.07, 6.45) is 2.85. The quantitative estimate of drug-likeness (QED) is 0.651. The Balaban J connectivity index is 2.94. The van der Waals surface area contributed by atoms with Crippen LogP contribution in [0.1, 0.15) is 52.0 Å². The van der Waals surface area contributed by atoms with Gasteiger partial charge in [-0.05, 0) is 30.5 Å². The Labute approximate surface area is 154 Å². The Bertz CT molecular complexity index is 564. The van der Waals surface area contributed by atoms with Crippen molar-refractivity contribution < 1.29 is 9.59 Å². The van der Waals surface area contributed by atoms with E-state index in [-0.39, 0.29) is 11.8 Å². The number of benzene rings is 1. The highest BCUT2D eigenvalue weighted by Crippen LogP contribution is 2.24. The summed E-state index contributed by atoms with van der Waals surface area (Å²) in [5.74, 6) is -0.161. The lowest BCUT2D eigenvalue weighted by Gasteiger charge is -2.30. The molecule has 24 heavy (non-hydrogen) atoms. The zero-order valence-corrected chi connectivity index (χ0v) is 16.1. The Morgan fingerprint density at radius 1 is 1.17 bits per heavy atom. The molecule has 0 heterocycles. The third-order valence-corrected chi connectivity index (χ3v) is 4.59. The number of nitrogens with one attached hydrogen (secondary N) is 1. The summed E-state index contributed by atoms with van der Waals surface area (Å²) in [7, 11) is 0. The fraction of sp³-hybridized carbons (Fsp3) is 0.556. The van der Waals surface area contributed by atoms with Gasteiger partial charge in [0.15, 0.2) is 0 Å². The van der Waals surface area contributed by atoms with Gasteiger partial charge in [0.25, 0.3) is 0 Å². The topological polar surface area (TPSA) is 49.4 Å². The molecule has 2 amide bonds. The van der Waals surface area contributed by atoms with Gasteiger partial charge < -0.3 is 10.2 Å². The van der Waals surface area contributed by atoms with Crippen LogP contribution in [0.25, 0.3) is 0 Å². The van der Waals surface area contributed by atoms with Crippen LogP contribution in [0.15, 0.2) is 18.2 Å². The largest absolute Gasteiger partial charge is 0.354 e. The van der Waals surface area contributed by atoms with Gasteiger partial charge in [-0.15, -0.1) is 0 Å². The lowest BCUT2D eigenvalue weighted by atomic mass is 10.1. The molecule has 1 N–H and O–H groups in total. The fourth-order valence-corrected chi connectivity index (χ4v) is 2.78. The number of rotatable bonds is 9. The second kappa shape index (κ2) is 10.6. The van der Waals surface area contributed by atoms with Gasteiger partial charge in [-0.1, -0.05) is 56.5 Å². The molecular weight excluding hydrogens is 347 g/mol. The molecule has 0 saturated heterocycles. The van der Waals surface area contributed by atoms with Crippen molar-refractivity contribution in [2.75, 3.05) is 6.54 Å². The molecule has 134 valence electrons. The van der Waals surface area contributed by atoms with Crippen LogP contribution < -0.4 is 5.32 Å². The van der Waals surface area contributed by atoms with Gasteiger partial charge in [0, 0.05) is 19.5 Å². The summed E-state index contributed by atoms with van der Waals surface area (Å²) in [6.45, 7) is 6.75. The first kappa shape index (κ1) is 20.8. The van der Waals surface area contributed by atoms with E-state index in [1.807, 2.05) is 13.0 Å². The SMILES string of the molecule is CCCCNC(=O)[C@@H](CC)N(Cc1ccc(Cl)c(Cl)c1)C(=O)CC. The van der Waals surface area contributed by atoms with Crippen molar-refractivity contribution in [3.8, 4) is 0 Å². The summed E-state index contributed by atoms with van der Waals surface area (Å²) in [5.41, 5.74) is 0.853. The van der Waals surface area contributed by atoms with E-state index >= 15 is 0 Å². The maximum atomic E-state index is 12.5. The number of hydrogen-bond acceptors (Lipinski definition) is 2. The van der Waals surface area contributed by atoms with Crippen LogP contribution in [0.5, 0.6) is 0 Å². The van der Waals surface area contributed by atoms with Gasteiger partial charge in [0.2, 0.25) is 11.8 Å². The second-order valence-electron chi connectivity index (χ2n) is 5.69. The minimum Gasteiger partial charge on any atom is -0.354 e. The Morgan fingerprint density at radius 2 is 1.88 bits per heavy atom. The highest BCUT2D eigenvalue weighted by atomic mass is 35.5. The van der Waals surface area contributed by atoms with Crippen molar-refractivity contribution >= 4 is 35.0 Å². The van der Waals surface area contributed by atoms with Gasteiger partial charge in [-0.25, -0.2) is 0 Å². The van der Waals surface area contributed by atoms with Crippen molar-refractivity contribution in [2.24, 2.45) is 0 Å². The second-order valence-corrected chi connectivity index (χ2v) is 6.51. The molecule has 0 saturated carbocycles. The normalized spacial score (nSPS) is 11.9. The Kier molecular flexibility index (Phi) is 9.16. The zero-order chi connectivity index (χ0) is 18.1. The van der Waals surface area contributed by atoms with E-state index in [9.17, 15) is 9.59 Å². The van der Waals surface area contributed by atoms with Crippen LogP contribution in [-0.2, 0) is 16.1 Å². The van der Waals surface area contributed by atoms with E-state index in [4.69, 9.17) is 23.2 Å². The summed E-state index contributed by atoms with van der Waals surface area (Å²) in [5, 5.41) is 3.83. The van der Waals surface area contributed by atoms with Crippen LogP contribution in [-0.4, -0.2) is 29.3 Å². The molecule has 0 aliphatic carbocycles. The molecule has 0 fully saturated rings. The summed E-state index contributed by atoms with van der Waals surface area (Å²) < 4.78 is 0. The third-order valence-electron chi connectivity index (χ3n) is 3.85. The number of hydrogen-bond donors (Lipinski definition) is 1. The predicted molar refractivity (Wildman–Crippen MR) is 99.3 cm³/mol. The van der Waals surface area contributed by atoms with Crippen molar-refractivity contribution in [3.05, 3.63) is 33.8 Å². The molecular formula is C18H26Cl2N2O2. The molecule has 1 rings (SSSR count). The minimum atomic E-state index is -0.483. The first-order chi connectivity index (χ1) is 11.4. The highest BCUT2D eigenvalue weighted by molar-refractivity contribution is 6.42. The first-order valence-corrected chi connectivity index (χ1v) is 9.21. The van der Waals surface area contributed by atoms with E-state index in [0.717, 1.165) is 18.4 Å². The molecule has 0 aromatic heterocycles. The van der Waals surface area contributed by atoms with Gasteiger partial charge in [-0.2, -0.15) is 0 Å². The maximum Gasteiger partial charge on any atom is 0.242 e. The average molecular weight is 373 g/mol. The molecule has 0 unspecified atom stereocenters. The van der Waals surface area contributed by atoms with E-state index in [2.05, 4.69) is 12.2 Å². The van der Waals surface area contributed by atoms with Crippen LogP contribution >= 0.6 is 23.2 Å². The molecule has 1 aromatic rings. The van der Waals surface area contributed by atoms with Crippen LogP contribution in [0.4, 0.5) is 0 Å². The standard InChI is InChI=1S/C18H26Cl2N2O2/c1-4-7-10-21-18(24)16(5-2)22(17(23)6-3)12-13-8-9-14(19)15(20)11-13/h8-9,11,16H,4-7,10,12H2,1-3H3,(H,21,24)/t16-/m1/s1.